The number of ether oxygens (including phenoxy) is 1. The second kappa shape index (κ2) is 7.61. The lowest BCUT2D eigenvalue weighted by atomic mass is 10.1. The van der Waals surface area contributed by atoms with Crippen LogP contribution in [-0.2, 0) is 9.53 Å². The van der Waals surface area contributed by atoms with E-state index in [1.807, 2.05) is 0 Å². The number of hydrogen-bond donors (Lipinski definition) is 3. The molecule has 0 bridgehead atoms. The SMILES string of the molecule is O=C(O)[C@@H]1CC[C@H](NC(=O)N2CCC(OCCO)CC2)C1. The van der Waals surface area contributed by atoms with Crippen LogP contribution in [-0.4, -0.2) is 65.6 Å². The summed E-state index contributed by atoms with van der Waals surface area (Å²) in [6.07, 6.45) is 3.56. The summed E-state index contributed by atoms with van der Waals surface area (Å²) in [5.74, 6) is -1.10. The molecule has 120 valence electrons. The van der Waals surface area contributed by atoms with Crippen molar-refractivity contribution in [3.05, 3.63) is 0 Å². The Morgan fingerprint density at radius 2 is 1.90 bits per heavy atom. The third-order valence-corrected chi connectivity index (χ3v) is 4.28. The third-order valence-electron chi connectivity index (χ3n) is 4.28. The fourth-order valence-corrected chi connectivity index (χ4v) is 3.05. The molecule has 1 aliphatic carbocycles. The molecule has 2 atom stereocenters. The Balaban J connectivity index is 1.69. The van der Waals surface area contributed by atoms with Gasteiger partial charge in [-0.1, -0.05) is 0 Å². The predicted octanol–water partition coefficient (Wildman–Crippen LogP) is 0.423. The van der Waals surface area contributed by atoms with Crippen molar-refractivity contribution in [1.82, 2.24) is 10.2 Å². The number of aliphatic carboxylic acids is 1. The Labute approximate surface area is 124 Å². The van der Waals surface area contributed by atoms with Crippen LogP contribution in [0.1, 0.15) is 32.1 Å². The lowest BCUT2D eigenvalue weighted by molar-refractivity contribution is -0.141. The Bertz CT molecular complexity index is 368. The van der Waals surface area contributed by atoms with E-state index in [0.717, 1.165) is 19.3 Å². The predicted molar refractivity (Wildman–Crippen MR) is 74.9 cm³/mol. The largest absolute Gasteiger partial charge is 0.481 e. The first-order chi connectivity index (χ1) is 10.1. The lowest BCUT2D eigenvalue weighted by Gasteiger charge is -2.32. The van der Waals surface area contributed by atoms with E-state index in [-0.39, 0.29) is 30.7 Å². The van der Waals surface area contributed by atoms with Gasteiger partial charge in [-0.2, -0.15) is 0 Å². The monoisotopic (exact) mass is 300 g/mol. The first-order valence-corrected chi connectivity index (χ1v) is 7.61. The van der Waals surface area contributed by atoms with Crippen LogP contribution in [0.4, 0.5) is 4.79 Å². The molecule has 7 heteroatoms. The lowest BCUT2D eigenvalue weighted by Crippen LogP contribution is -2.48. The average molecular weight is 300 g/mol. The summed E-state index contributed by atoms with van der Waals surface area (Å²) in [7, 11) is 0. The van der Waals surface area contributed by atoms with E-state index < -0.39 is 5.97 Å². The molecule has 0 aromatic carbocycles. The second-order valence-corrected chi connectivity index (χ2v) is 5.78. The van der Waals surface area contributed by atoms with E-state index in [2.05, 4.69) is 5.32 Å². The molecule has 2 amide bonds. The molecule has 0 unspecified atom stereocenters. The molecule has 7 nitrogen and oxygen atoms in total. The van der Waals surface area contributed by atoms with Crippen LogP contribution < -0.4 is 5.32 Å². The summed E-state index contributed by atoms with van der Waals surface area (Å²) in [6, 6.07) is -0.131. The molecular formula is C14H24N2O5. The number of aliphatic hydroxyl groups is 1. The molecule has 0 aromatic rings. The zero-order valence-corrected chi connectivity index (χ0v) is 12.2. The van der Waals surface area contributed by atoms with Gasteiger partial charge in [0.2, 0.25) is 0 Å². The molecule has 0 radical (unpaired) electrons. The van der Waals surface area contributed by atoms with Crippen molar-refractivity contribution >= 4 is 12.0 Å². The Morgan fingerprint density at radius 3 is 2.48 bits per heavy atom. The first-order valence-electron chi connectivity index (χ1n) is 7.61. The molecular weight excluding hydrogens is 276 g/mol. The van der Waals surface area contributed by atoms with Crippen LogP contribution in [0.3, 0.4) is 0 Å². The molecule has 2 aliphatic rings. The molecule has 1 saturated heterocycles. The highest BCUT2D eigenvalue weighted by atomic mass is 16.5. The van der Waals surface area contributed by atoms with Gasteiger partial charge in [-0.3, -0.25) is 4.79 Å². The maximum Gasteiger partial charge on any atom is 0.317 e. The molecule has 2 fully saturated rings. The van der Waals surface area contributed by atoms with Gasteiger partial charge in [0, 0.05) is 19.1 Å². The van der Waals surface area contributed by atoms with Gasteiger partial charge in [-0.25, -0.2) is 4.79 Å². The van der Waals surface area contributed by atoms with Gasteiger partial charge in [0.15, 0.2) is 0 Å². The molecule has 0 spiro atoms. The van der Waals surface area contributed by atoms with Gasteiger partial charge in [0.1, 0.15) is 0 Å². The third kappa shape index (κ3) is 4.57. The van der Waals surface area contributed by atoms with E-state index in [1.54, 1.807) is 4.90 Å². The van der Waals surface area contributed by atoms with Crippen molar-refractivity contribution in [3.63, 3.8) is 0 Å². The fraction of sp³-hybridized carbons (Fsp3) is 0.857. The van der Waals surface area contributed by atoms with E-state index in [9.17, 15) is 9.59 Å². The van der Waals surface area contributed by atoms with Gasteiger partial charge >= 0.3 is 12.0 Å². The minimum atomic E-state index is -0.770. The van der Waals surface area contributed by atoms with Crippen LogP contribution in [0.5, 0.6) is 0 Å². The number of hydrogen-bond acceptors (Lipinski definition) is 4. The van der Waals surface area contributed by atoms with E-state index in [0.29, 0.717) is 32.5 Å². The Morgan fingerprint density at radius 1 is 1.19 bits per heavy atom. The minimum Gasteiger partial charge on any atom is -0.481 e. The molecule has 1 heterocycles. The van der Waals surface area contributed by atoms with Crippen molar-refractivity contribution in [2.45, 2.75) is 44.2 Å². The molecule has 21 heavy (non-hydrogen) atoms. The van der Waals surface area contributed by atoms with Gasteiger partial charge in [-0.05, 0) is 32.1 Å². The van der Waals surface area contributed by atoms with Crippen molar-refractivity contribution < 1.29 is 24.5 Å². The molecule has 2 rings (SSSR count). The van der Waals surface area contributed by atoms with Crippen molar-refractivity contribution in [1.29, 1.82) is 0 Å². The van der Waals surface area contributed by atoms with Crippen LogP contribution >= 0.6 is 0 Å². The number of nitrogens with one attached hydrogen (secondary N) is 1. The Kier molecular flexibility index (Phi) is 5.81. The maximum absolute atomic E-state index is 12.1. The van der Waals surface area contributed by atoms with Gasteiger partial charge in [-0.15, -0.1) is 0 Å². The molecule has 1 aliphatic heterocycles. The zero-order chi connectivity index (χ0) is 15.2. The number of carbonyl (C=O) groups excluding carboxylic acids is 1. The molecule has 0 aromatic heterocycles. The highest BCUT2D eigenvalue weighted by molar-refractivity contribution is 5.75. The summed E-state index contributed by atoms with van der Waals surface area (Å²) >= 11 is 0. The smallest absolute Gasteiger partial charge is 0.317 e. The number of carboxylic acids is 1. The number of carboxylic acid groups (broad SMARTS) is 1. The van der Waals surface area contributed by atoms with Gasteiger partial charge in [0.25, 0.3) is 0 Å². The summed E-state index contributed by atoms with van der Waals surface area (Å²) in [5, 5.41) is 20.6. The summed E-state index contributed by atoms with van der Waals surface area (Å²) < 4.78 is 5.46. The number of carbonyl (C=O) groups is 2. The van der Waals surface area contributed by atoms with Crippen molar-refractivity contribution in [3.8, 4) is 0 Å². The second-order valence-electron chi connectivity index (χ2n) is 5.78. The summed E-state index contributed by atoms with van der Waals surface area (Å²) in [5.41, 5.74) is 0. The van der Waals surface area contributed by atoms with Crippen LogP contribution in [0.2, 0.25) is 0 Å². The standard InChI is InChI=1S/C14H24N2O5/c17-7-8-21-12-3-5-16(6-4-12)14(20)15-11-2-1-10(9-11)13(18)19/h10-12,17H,1-9H2,(H,15,20)(H,18,19)/t10-,11+/m1/s1. The Hall–Kier alpha value is -1.34. The van der Waals surface area contributed by atoms with E-state index >= 15 is 0 Å². The molecule has 3 N–H and O–H groups in total. The normalized spacial score (nSPS) is 26.8. The quantitative estimate of drug-likeness (QED) is 0.683. The number of nitrogens with zero attached hydrogens (tertiary/aromatic N) is 1. The summed E-state index contributed by atoms with van der Waals surface area (Å²) in [4.78, 5) is 24.8. The van der Waals surface area contributed by atoms with E-state index in [4.69, 9.17) is 14.9 Å². The van der Waals surface area contributed by atoms with Crippen LogP contribution in [0.15, 0.2) is 0 Å². The zero-order valence-electron chi connectivity index (χ0n) is 12.2. The number of aliphatic hydroxyl groups excluding tert-OH is 1. The average Bonchev–Trinajstić information content (AvgIpc) is 2.94. The number of likely N-dealkylation sites (tertiary alicyclic amines) is 1. The minimum absolute atomic E-state index is 0.0210. The van der Waals surface area contributed by atoms with Gasteiger partial charge in [0.05, 0.1) is 25.2 Å². The fourth-order valence-electron chi connectivity index (χ4n) is 3.05. The first kappa shape index (κ1) is 16.0. The van der Waals surface area contributed by atoms with Crippen molar-refractivity contribution in [2.75, 3.05) is 26.3 Å². The topological polar surface area (TPSA) is 99.1 Å². The highest BCUT2D eigenvalue weighted by Crippen LogP contribution is 2.26. The number of amides is 2. The summed E-state index contributed by atoms with van der Waals surface area (Å²) in [6.45, 7) is 1.64. The molecule has 1 saturated carbocycles. The number of piperidine rings is 1. The highest BCUT2D eigenvalue weighted by Gasteiger charge is 2.32. The van der Waals surface area contributed by atoms with Gasteiger partial charge < -0.3 is 25.2 Å². The van der Waals surface area contributed by atoms with Crippen LogP contribution in [0, 0.1) is 5.92 Å². The number of rotatable bonds is 5. The van der Waals surface area contributed by atoms with Crippen LogP contribution in [0.25, 0.3) is 0 Å². The van der Waals surface area contributed by atoms with Crippen molar-refractivity contribution in [2.24, 2.45) is 5.92 Å². The van der Waals surface area contributed by atoms with E-state index in [1.165, 1.54) is 0 Å². The maximum atomic E-state index is 12.1. The number of urea groups is 1.